The predicted octanol–water partition coefficient (Wildman–Crippen LogP) is 4.98. The third-order valence-corrected chi connectivity index (χ3v) is 10.4. The number of aliphatic hydroxyl groups is 1. The number of carbonyl (C=O) groups excluding carboxylic acids is 2. The first kappa shape index (κ1) is 35.0. The quantitative estimate of drug-likeness (QED) is 0.158. The number of benzene rings is 2. The number of para-hydroxylation sites is 1. The van der Waals surface area contributed by atoms with Gasteiger partial charge in [-0.2, -0.15) is 9.97 Å². The van der Waals surface area contributed by atoms with Gasteiger partial charge in [-0.1, -0.05) is 32.0 Å². The van der Waals surface area contributed by atoms with Gasteiger partial charge in [0.25, 0.3) is 11.8 Å². The van der Waals surface area contributed by atoms with Gasteiger partial charge in [-0.3, -0.25) is 9.59 Å². The number of hydrogen-bond acceptors (Lipinski definition) is 9. The van der Waals surface area contributed by atoms with Crippen LogP contribution in [0.2, 0.25) is 0 Å². The summed E-state index contributed by atoms with van der Waals surface area (Å²) in [4.78, 5) is 45.6. The molecule has 0 saturated carbocycles. The van der Waals surface area contributed by atoms with Crippen molar-refractivity contribution < 1.29 is 19.4 Å². The summed E-state index contributed by atoms with van der Waals surface area (Å²) >= 11 is 0. The Bertz CT molecular complexity index is 2050. The van der Waals surface area contributed by atoms with Gasteiger partial charge < -0.3 is 44.7 Å². The van der Waals surface area contributed by atoms with E-state index in [2.05, 4.69) is 39.3 Å². The van der Waals surface area contributed by atoms with Crippen molar-refractivity contribution in [1.29, 1.82) is 0 Å². The van der Waals surface area contributed by atoms with Gasteiger partial charge in [-0.15, -0.1) is 0 Å². The van der Waals surface area contributed by atoms with Gasteiger partial charge in [-0.05, 0) is 55.3 Å². The minimum Gasteiger partial charge on any atom is -0.494 e. The lowest BCUT2D eigenvalue weighted by Gasteiger charge is -2.42. The monoisotopic (exact) mass is 705 g/mol. The summed E-state index contributed by atoms with van der Waals surface area (Å²) in [5.41, 5.74) is 4.51. The number of nitrogens with zero attached hydrogens (tertiary/aromatic N) is 6. The number of hydrogen-bond donors (Lipinski definition) is 4. The average Bonchev–Trinajstić information content (AvgIpc) is 3.86. The molecule has 0 unspecified atom stereocenters. The number of piperazine rings is 1. The van der Waals surface area contributed by atoms with Gasteiger partial charge in [0.05, 0.1) is 23.7 Å². The van der Waals surface area contributed by atoms with Crippen molar-refractivity contribution in [2.45, 2.75) is 45.1 Å². The van der Waals surface area contributed by atoms with Crippen molar-refractivity contribution in [2.24, 2.45) is 0 Å². The fraction of sp³-hybridized carbons (Fsp3) is 0.385. The Hall–Kier alpha value is -5.40. The van der Waals surface area contributed by atoms with Crippen LogP contribution in [-0.2, 0) is 17.6 Å². The lowest BCUT2D eigenvalue weighted by atomic mass is 9.89. The Labute approximate surface area is 303 Å². The van der Waals surface area contributed by atoms with Gasteiger partial charge in [-0.25, -0.2) is 0 Å². The van der Waals surface area contributed by atoms with Gasteiger partial charge in [0.2, 0.25) is 5.95 Å². The molecule has 5 aromatic rings. The average molecular weight is 706 g/mol. The maximum atomic E-state index is 13.4. The highest BCUT2D eigenvalue weighted by Gasteiger charge is 2.42. The first-order chi connectivity index (χ1) is 25.2. The summed E-state index contributed by atoms with van der Waals surface area (Å²) in [6.45, 7) is 8.19. The Kier molecular flexibility index (Phi) is 9.89. The molecular weight excluding hydrogens is 658 g/mol. The number of methoxy groups -OCH3 is 1. The normalized spacial score (nSPS) is 16.2. The topological polar surface area (TPSA) is 144 Å². The maximum Gasteiger partial charge on any atom is 0.257 e. The summed E-state index contributed by atoms with van der Waals surface area (Å²) in [5, 5.41) is 18.6. The molecule has 0 atom stereocenters. The molecule has 2 fully saturated rings. The van der Waals surface area contributed by atoms with E-state index in [0.29, 0.717) is 73.4 Å². The molecule has 0 radical (unpaired) electrons. The number of amides is 2. The van der Waals surface area contributed by atoms with Crippen LogP contribution in [0.1, 0.15) is 48.2 Å². The number of H-pyrrole nitrogens is 1. The van der Waals surface area contributed by atoms with E-state index in [1.165, 1.54) is 0 Å². The Morgan fingerprint density at radius 2 is 1.69 bits per heavy atom. The molecule has 4 N–H and O–H groups in total. The molecule has 2 aliphatic heterocycles. The molecule has 0 bridgehead atoms. The fourth-order valence-corrected chi connectivity index (χ4v) is 7.18. The number of aryl methyl sites for hydroxylation is 2. The number of rotatable bonds is 10. The summed E-state index contributed by atoms with van der Waals surface area (Å²) in [6.07, 6.45) is 7.79. The third kappa shape index (κ3) is 6.93. The van der Waals surface area contributed by atoms with E-state index < -0.39 is 5.60 Å². The second-order valence-electron chi connectivity index (χ2n) is 13.7. The van der Waals surface area contributed by atoms with Crippen LogP contribution in [0.4, 0.5) is 23.0 Å². The molecule has 13 heteroatoms. The van der Waals surface area contributed by atoms with Crippen LogP contribution in [0, 0.1) is 0 Å². The standard InChI is InChI=1S/C39H47N9O4/c1-5-26-8-7-9-27(6-2)33(26)42-36(49)28-13-17-48(25-28)35-30-12-16-40-34(30)43-38(44-35)41-31-11-10-29(24-32(31)52-4)46-18-14-39(51,15-19-46)37(50)47-22-20-45(3)21-23-47/h7-13,16-17,24-25,51H,5-6,14-15,18-23H2,1-4H3,(H,42,49)(H2,40,41,43,44). The first-order valence-corrected chi connectivity index (χ1v) is 18.1. The first-order valence-electron chi connectivity index (χ1n) is 18.1. The van der Waals surface area contributed by atoms with Crippen LogP contribution in [-0.4, -0.2) is 105 Å². The molecule has 2 amide bonds. The maximum absolute atomic E-state index is 13.4. The highest BCUT2D eigenvalue weighted by Crippen LogP contribution is 2.35. The van der Waals surface area contributed by atoms with Crippen molar-refractivity contribution in [1.82, 2.24) is 29.3 Å². The summed E-state index contributed by atoms with van der Waals surface area (Å²) in [6, 6.07) is 15.7. The second-order valence-corrected chi connectivity index (χ2v) is 13.7. The molecule has 13 nitrogen and oxygen atoms in total. The predicted molar refractivity (Wildman–Crippen MR) is 203 cm³/mol. The number of ether oxygens (including phenoxy) is 1. The number of carbonyl (C=O) groups is 2. The van der Waals surface area contributed by atoms with Crippen LogP contribution in [0.3, 0.4) is 0 Å². The van der Waals surface area contributed by atoms with Gasteiger partial charge in [0.15, 0.2) is 5.82 Å². The van der Waals surface area contributed by atoms with Crippen molar-refractivity contribution in [2.75, 3.05) is 69.0 Å². The second kappa shape index (κ2) is 14.7. The molecule has 2 aromatic carbocycles. The van der Waals surface area contributed by atoms with Crippen LogP contribution >= 0.6 is 0 Å². The molecular formula is C39H47N9O4. The van der Waals surface area contributed by atoms with E-state index in [4.69, 9.17) is 14.7 Å². The van der Waals surface area contributed by atoms with E-state index >= 15 is 0 Å². The minimum atomic E-state index is -1.34. The smallest absolute Gasteiger partial charge is 0.257 e. The van der Waals surface area contributed by atoms with Gasteiger partial charge in [0, 0.05) is 88.1 Å². The Balaban J connectivity index is 1.07. The van der Waals surface area contributed by atoms with Crippen LogP contribution < -0.4 is 20.3 Å². The van der Waals surface area contributed by atoms with Crippen LogP contribution in [0.25, 0.3) is 16.9 Å². The molecule has 0 aliphatic carbocycles. The third-order valence-electron chi connectivity index (χ3n) is 10.4. The van der Waals surface area contributed by atoms with E-state index in [-0.39, 0.29) is 11.8 Å². The Morgan fingerprint density at radius 3 is 2.38 bits per heavy atom. The van der Waals surface area contributed by atoms with E-state index in [1.54, 1.807) is 24.3 Å². The van der Waals surface area contributed by atoms with E-state index in [9.17, 15) is 14.7 Å². The summed E-state index contributed by atoms with van der Waals surface area (Å²) in [7, 11) is 3.66. The molecule has 2 saturated heterocycles. The van der Waals surface area contributed by atoms with Crippen molar-refractivity contribution in [3.63, 3.8) is 0 Å². The summed E-state index contributed by atoms with van der Waals surface area (Å²) in [5.74, 6) is 1.22. The van der Waals surface area contributed by atoms with Crippen LogP contribution in [0.15, 0.2) is 67.1 Å². The number of fused-ring (bicyclic) bond motifs is 1. The molecule has 0 spiro atoms. The highest BCUT2D eigenvalue weighted by atomic mass is 16.5. The lowest BCUT2D eigenvalue weighted by Crippen LogP contribution is -2.58. The summed E-state index contributed by atoms with van der Waals surface area (Å²) < 4.78 is 7.63. The molecule has 5 heterocycles. The van der Waals surface area contributed by atoms with Crippen molar-refractivity contribution in [3.8, 4) is 11.6 Å². The molecule has 272 valence electrons. The zero-order chi connectivity index (χ0) is 36.4. The van der Waals surface area contributed by atoms with Crippen molar-refractivity contribution >= 4 is 45.9 Å². The number of aromatic nitrogens is 4. The molecule has 7 rings (SSSR count). The number of piperidine rings is 1. The van der Waals surface area contributed by atoms with E-state index in [0.717, 1.165) is 53.8 Å². The van der Waals surface area contributed by atoms with Gasteiger partial charge in [0.1, 0.15) is 17.0 Å². The largest absolute Gasteiger partial charge is 0.494 e. The van der Waals surface area contributed by atoms with Gasteiger partial charge >= 0.3 is 0 Å². The highest BCUT2D eigenvalue weighted by molar-refractivity contribution is 6.05. The molecule has 2 aliphatic rings. The Morgan fingerprint density at radius 1 is 0.962 bits per heavy atom. The van der Waals surface area contributed by atoms with Crippen molar-refractivity contribution in [3.05, 3.63) is 83.8 Å². The lowest BCUT2D eigenvalue weighted by molar-refractivity contribution is -0.155. The molecule has 52 heavy (non-hydrogen) atoms. The number of aromatic amines is 1. The number of nitrogens with one attached hydrogen (secondary N) is 3. The minimum absolute atomic E-state index is 0.154. The zero-order valence-electron chi connectivity index (χ0n) is 30.3. The van der Waals surface area contributed by atoms with E-state index in [1.807, 2.05) is 66.5 Å². The zero-order valence-corrected chi connectivity index (χ0v) is 30.3. The SMILES string of the molecule is CCc1cccc(CC)c1NC(=O)c1ccn(-c2nc(Nc3ccc(N4CCC(O)(C(=O)N5CCN(C)CC5)CC4)cc3OC)nc3[nH]ccc23)c1. The number of anilines is 4. The van der Waals surface area contributed by atoms with Crippen LogP contribution in [0.5, 0.6) is 5.75 Å². The fourth-order valence-electron chi connectivity index (χ4n) is 7.18. The molecule has 3 aromatic heterocycles. The number of likely N-dealkylation sites (N-methyl/N-ethyl adjacent to an activating group) is 1.